The van der Waals surface area contributed by atoms with E-state index < -0.39 is 6.09 Å². The lowest BCUT2D eigenvalue weighted by atomic mass is 10.3. The van der Waals surface area contributed by atoms with E-state index in [1.807, 2.05) is 6.07 Å². The SMILES string of the molecule is Nc1cc(N2CCC(NC(=O)O)C2)ccn1. The second-order valence-corrected chi connectivity index (χ2v) is 3.82. The summed E-state index contributed by atoms with van der Waals surface area (Å²) < 4.78 is 0. The molecule has 86 valence electrons. The number of anilines is 2. The van der Waals surface area contributed by atoms with Gasteiger partial charge in [0.1, 0.15) is 5.82 Å². The van der Waals surface area contributed by atoms with E-state index in [2.05, 4.69) is 15.2 Å². The van der Waals surface area contributed by atoms with Gasteiger partial charge in [0, 0.05) is 31.0 Å². The van der Waals surface area contributed by atoms with Crippen molar-refractivity contribution in [3.05, 3.63) is 18.3 Å². The molecule has 2 rings (SSSR count). The Morgan fingerprint density at radius 3 is 3.19 bits per heavy atom. The predicted octanol–water partition coefficient (Wildman–Crippen LogP) is 0.510. The standard InChI is InChI=1S/C10H14N4O2/c11-9-5-8(1-3-12-9)14-4-2-7(6-14)13-10(15)16/h1,3,5,7,13H,2,4,6H2,(H2,11,12)(H,15,16). The van der Waals surface area contributed by atoms with Crippen molar-refractivity contribution in [1.82, 2.24) is 10.3 Å². The molecule has 1 fully saturated rings. The van der Waals surface area contributed by atoms with Crippen LogP contribution in [-0.4, -0.2) is 35.3 Å². The first-order valence-corrected chi connectivity index (χ1v) is 5.11. The van der Waals surface area contributed by atoms with Crippen LogP contribution in [0.3, 0.4) is 0 Å². The molecule has 1 aromatic rings. The third kappa shape index (κ3) is 2.33. The number of pyridine rings is 1. The fourth-order valence-corrected chi connectivity index (χ4v) is 1.92. The molecule has 6 heteroatoms. The summed E-state index contributed by atoms with van der Waals surface area (Å²) in [6.07, 6.45) is 1.50. The molecular formula is C10H14N4O2. The topological polar surface area (TPSA) is 91.5 Å². The summed E-state index contributed by atoms with van der Waals surface area (Å²) in [6.45, 7) is 1.50. The van der Waals surface area contributed by atoms with Crippen LogP contribution in [0, 0.1) is 0 Å². The second kappa shape index (κ2) is 4.26. The minimum atomic E-state index is -0.971. The first-order valence-electron chi connectivity index (χ1n) is 5.11. The Balaban J connectivity index is 2.00. The van der Waals surface area contributed by atoms with Gasteiger partial charge in [-0.1, -0.05) is 0 Å². The van der Waals surface area contributed by atoms with E-state index >= 15 is 0 Å². The van der Waals surface area contributed by atoms with Crippen LogP contribution in [0.2, 0.25) is 0 Å². The zero-order valence-corrected chi connectivity index (χ0v) is 8.76. The minimum absolute atomic E-state index is 0.00751. The van der Waals surface area contributed by atoms with Crippen molar-refractivity contribution < 1.29 is 9.90 Å². The highest BCUT2D eigenvalue weighted by atomic mass is 16.4. The average Bonchev–Trinajstić information content (AvgIpc) is 2.65. The van der Waals surface area contributed by atoms with E-state index in [-0.39, 0.29) is 6.04 Å². The van der Waals surface area contributed by atoms with Gasteiger partial charge in [0.25, 0.3) is 0 Å². The molecule has 1 atom stereocenters. The van der Waals surface area contributed by atoms with E-state index in [9.17, 15) is 4.79 Å². The molecule has 4 N–H and O–H groups in total. The quantitative estimate of drug-likeness (QED) is 0.678. The number of carboxylic acid groups (broad SMARTS) is 1. The highest BCUT2D eigenvalue weighted by Gasteiger charge is 2.23. The Bertz CT molecular complexity index is 396. The number of aromatic nitrogens is 1. The van der Waals surface area contributed by atoms with E-state index in [0.29, 0.717) is 12.4 Å². The Morgan fingerprint density at radius 2 is 2.50 bits per heavy atom. The first kappa shape index (κ1) is 10.5. The van der Waals surface area contributed by atoms with Crippen molar-refractivity contribution in [2.75, 3.05) is 23.7 Å². The smallest absolute Gasteiger partial charge is 0.404 e. The van der Waals surface area contributed by atoms with Crippen molar-refractivity contribution in [1.29, 1.82) is 0 Å². The largest absolute Gasteiger partial charge is 0.465 e. The monoisotopic (exact) mass is 222 g/mol. The number of hydrogen-bond acceptors (Lipinski definition) is 4. The Kier molecular flexibility index (Phi) is 2.80. The molecule has 1 aliphatic heterocycles. The summed E-state index contributed by atoms with van der Waals surface area (Å²) in [7, 11) is 0. The van der Waals surface area contributed by atoms with E-state index in [1.54, 1.807) is 12.3 Å². The van der Waals surface area contributed by atoms with Gasteiger partial charge in [0.05, 0.1) is 6.04 Å². The molecule has 1 amide bonds. The number of nitrogen functional groups attached to an aromatic ring is 1. The lowest BCUT2D eigenvalue weighted by molar-refractivity contribution is 0.191. The maximum Gasteiger partial charge on any atom is 0.404 e. The average molecular weight is 222 g/mol. The van der Waals surface area contributed by atoms with Crippen LogP contribution in [0.15, 0.2) is 18.3 Å². The number of amides is 1. The van der Waals surface area contributed by atoms with Crippen molar-refractivity contribution in [2.24, 2.45) is 0 Å². The Morgan fingerprint density at radius 1 is 1.69 bits per heavy atom. The fourth-order valence-electron chi connectivity index (χ4n) is 1.92. The summed E-state index contributed by atoms with van der Waals surface area (Å²) >= 11 is 0. The van der Waals surface area contributed by atoms with E-state index in [4.69, 9.17) is 10.8 Å². The molecule has 0 saturated carbocycles. The molecule has 0 aliphatic carbocycles. The molecule has 1 aliphatic rings. The summed E-state index contributed by atoms with van der Waals surface area (Å²) in [5.74, 6) is 0.479. The van der Waals surface area contributed by atoms with Crippen molar-refractivity contribution in [3.8, 4) is 0 Å². The summed E-state index contributed by atoms with van der Waals surface area (Å²) in [6, 6.07) is 3.66. The number of hydrogen-bond donors (Lipinski definition) is 3. The highest BCUT2D eigenvalue weighted by Crippen LogP contribution is 2.20. The van der Waals surface area contributed by atoms with Crippen LogP contribution >= 0.6 is 0 Å². The molecule has 2 heterocycles. The minimum Gasteiger partial charge on any atom is -0.465 e. The summed E-state index contributed by atoms with van der Waals surface area (Å²) in [4.78, 5) is 16.5. The van der Waals surface area contributed by atoms with Gasteiger partial charge in [-0.15, -0.1) is 0 Å². The Hall–Kier alpha value is -1.98. The molecule has 1 unspecified atom stereocenters. The summed E-state index contributed by atoms with van der Waals surface area (Å²) in [5, 5.41) is 11.1. The van der Waals surface area contributed by atoms with Gasteiger partial charge in [-0.2, -0.15) is 0 Å². The van der Waals surface area contributed by atoms with Gasteiger partial charge in [0.15, 0.2) is 0 Å². The number of nitrogens with one attached hydrogen (secondary N) is 1. The van der Waals surface area contributed by atoms with Crippen LogP contribution < -0.4 is 16.0 Å². The molecule has 0 spiro atoms. The lowest BCUT2D eigenvalue weighted by Crippen LogP contribution is -2.36. The van der Waals surface area contributed by atoms with Gasteiger partial charge in [-0.3, -0.25) is 0 Å². The molecule has 6 nitrogen and oxygen atoms in total. The molecular weight excluding hydrogens is 208 g/mol. The molecule has 1 aromatic heterocycles. The lowest BCUT2D eigenvalue weighted by Gasteiger charge is -2.18. The van der Waals surface area contributed by atoms with Crippen LogP contribution in [-0.2, 0) is 0 Å². The third-order valence-electron chi connectivity index (χ3n) is 2.65. The highest BCUT2D eigenvalue weighted by molar-refractivity contribution is 5.65. The van der Waals surface area contributed by atoms with Gasteiger partial charge >= 0.3 is 6.09 Å². The zero-order valence-electron chi connectivity index (χ0n) is 8.76. The van der Waals surface area contributed by atoms with Crippen LogP contribution in [0.4, 0.5) is 16.3 Å². The van der Waals surface area contributed by atoms with E-state index in [0.717, 1.165) is 18.7 Å². The number of nitrogens with zero attached hydrogens (tertiary/aromatic N) is 2. The van der Waals surface area contributed by atoms with Crippen LogP contribution in [0.5, 0.6) is 0 Å². The number of carbonyl (C=O) groups is 1. The second-order valence-electron chi connectivity index (χ2n) is 3.82. The van der Waals surface area contributed by atoms with Crippen LogP contribution in [0.1, 0.15) is 6.42 Å². The molecule has 0 radical (unpaired) electrons. The van der Waals surface area contributed by atoms with Crippen molar-refractivity contribution in [3.63, 3.8) is 0 Å². The van der Waals surface area contributed by atoms with Gasteiger partial charge in [-0.05, 0) is 12.5 Å². The van der Waals surface area contributed by atoms with Gasteiger partial charge in [0.2, 0.25) is 0 Å². The predicted molar refractivity (Wildman–Crippen MR) is 60.4 cm³/mol. The van der Waals surface area contributed by atoms with Crippen LogP contribution in [0.25, 0.3) is 0 Å². The fraction of sp³-hybridized carbons (Fsp3) is 0.400. The van der Waals surface area contributed by atoms with Gasteiger partial charge < -0.3 is 21.1 Å². The zero-order chi connectivity index (χ0) is 11.5. The van der Waals surface area contributed by atoms with Gasteiger partial charge in [-0.25, -0.2) is 9.78 Å². The normalized spacial score (nSPS) is 19.8. The molecule has 0 bridgehead atoms. The first-order chi connectivity index (χ1) is 7.65. The van der Waals surface area contributed by atoms with Crippen molar-refractivity contribution in [2.45, 2.75) is 12.5 Å². The maximum atomic E-state index is 10.5. The van der Waals surface area contributed by atoms with Crippen molar-refractivity contribution >= 4 is 17.6 Å². The molecule has 1 saturated heterocycles. The Labute approximate surface area is 93.1 Å². The third-order valence-corrected chi connectivity index (χ3v) is 2.65. The molecule has 16 heavy (non-hydrogen) atoms. The molecule has 0 aromatic carbocycles. The number of rotatable bonds is 2. The number of nitrogens with two attached hydrogens (primary N) is 1. The summed E-state index contributed by atoms with van der Waals surface area (Å²) in [5.41, 5.74) is 6.58. The maximum absolute atomic E-state index is 10.5. The van der Waals surface area contributed by atoms with E-state index in [1.165, 1.54) is 0 Å².